The summed E-state index contributed by atoms with van der Waals surface area (Å²) in [6, 6.07) is 24.6. The highest BCUT2D eigenvalue weighted by atomic mass is 32.2. The van der Waals surface area contributed by atoms with E-state index >= 15 is 0 Å². The summed E-state index contributed by atoms with van der Waals surface area (Å²) in [5.74, 6) is 0.0708. The van der Waals surface area contributed by atoms with Crippen molar-refractivity contribution in [3.05, 3.63) is 91.1 Å². The van der Waals surface area contributed by atoms with Crippen molar-refractivity contribution in [1.82, 2.24) is 9.78 Å². The predicted octanol–water partition coefficient (Wildman–Crippen LogP) is 4.07. The van der Waals surface area contributed by atoms with Crippen molar-refractivity contribution in [2.24, 2.45) is 0 Å². The normalized spacial score (nSPS) is 11.3. The van der Waals surface area contributed by atoms with Gasteiger partial charge >= 0.3 is 0 Å². The van der Waals surface area contributed by atoms with E-state index in [0.29, 0.717) is 16.9 Å². The Hall–Kier alpha value is -3.58. The summed E-state index contributed by atoms with van der Waals surface area (Å²) in [4.78, 5) is 0.100. The Balaban J connectivity index is 1.87. The Morgan fingerprint density at radius 3 is 2.07 bits per heavy atom. The van der Waals surface area contributed by atoms with Crippen LogP contribution < -0.4 is 4.31 Å². The number of sulfonamides is 1. The minimum absolute atomic E-state index is 0.0708. The molecule has 1 aromatic heterocycles. The highest BCUT2D eigenvalue weighted by Gasteiger charge is 2.28. The van der Waals surface area contributed by atoms with Crippen LogP contribution in [0.2, 0.25) is 0 Å². The number of rotatable bonds is 5. The molecule has 4 aromatic rings. The van der Waals surface area contributed by atoms with Gasteiger partial charge in [-0.15, -0.1) is 0 Å². The van der Waals surface area contributed by atoms with Gasteiger partial charge in [0.25, 0.3) is 10.0 Å². The molecule has 7 heteroatoms. The number of phenolic OH excluding ortho intramolecular Hbond substituents is 1. The second-order valence-electron chi connectivity index (χ2n) is 6.48. The lowest BCUT2D eigenvalue weighted by Gasteiger charge is -2.19. The number of para-hydroxylation sites is 1. The van der Waals surface area contributed by atoms with E-state index in [9.17, 15) is 13.5 Å². The van der Waals surface area contributed by atoms with Gasteiger partial charge in [-0.3, -0.25) is 4.31 Å². The van der Waals surface area contributed by atoms with E-state index in [1.54, 1.807) is 16.8 Å². The number of aromatic hydroxyl groups is 1. The minimum Gasteiger partial charge on any atom is -0.508 e. The van der Waals surface area contributed by atoms with Gasteiger partial charge in [0.05, 0.1) is 17.6 Å². The maximum Gasteiger partial charge on any atom is 0.267 e. The molecular weight excluding hydrogens is 386 g/mol. The average Bonchev–Trinajstić information content (AvgIpc) is 3.21. The molecule has 146 valence electrons. The SMILES string of the molecule is CN(c1ccc(O)cc1)S(=O)(=O)c1cn(-c2ccccc2)nc1-c1ccccc1. The van der Waals surface area contributed by atoms with E-state index in [1.165, 1.54) is 29.7 Å². The first kappa shape index (κ1) is 18.8. The molecule has 0 aliphatic carbocycles. The summed E-state index contributed by atoms with van der Waals surface area (Å²) in [5, 5.41) is 14.1. The third-order valence-electron chi connectivity index (χ3n) is 4.60. The molecule has 4 rings (SSSR count). The van der Waals surface area contributed by atoms with E-state index in [-0.39, 0.29) is 10.6 Å². The zero-order chi connectivity index (χ0) is 20.4. The van der Waals surface area contributed by atoms with Crippen LogP contribution in [0.4, 0.5) is 5.69 Å². The van der Waals surface area contributed by atoms with Crippen LogP contribution in [-0.2, 0) is 10.0 Å². The van der Waals surface area contributed by atoms with E-state index in [2.05, 4.69) is 5.10 Å². The molecule has 0 saturated carbocycles. The number of anilines is 1. The first-order chi connectivity index (χ1) is 14.0. The van der Waals surface area contributed by atoms with E-state index in [0.717, 1.165) is 5.69 Å². The predicted molar refractivity (Wildman–Crippen MR) is 113 cm³/mol. The molecule has 0 unspecified atom stereocenters. The zero-order valence-electron chi connectivity index (χ0n) is 15.7. The Labute approximate surface area is 169 Å². The Bertz CT molecular complexity index is 1220. The van der Waals surface area contributed by atoms with Gasteiger partial charge in [0.2, 0.25) is 0 Å². The lowest BCUT2D eigenvalue weighted by atomic mass is 10.2. The Morgan fingerprint density at radius 2 is 1.45 bits per heavy atom. The lowest BCUT2D eigenvalue weighted by Crippen LogP contribution is -2.26. The molecule has 0 bridgehead atoms. The number of benzene rings is 3. The van der Waals surface area contributed by atoms with Crippen molar-refractivity contribution in [3.63, 3.8) is 0 Å². The van der Waals surface area contributed by atoms with Gasteiger partial charge in [0.15, 0.2) is 0 Å². The van der Waals surface area contributed by atoms with Gasteiger partial charge in [-0.25, -0.2) is 13.1 Å². The molecule has 3 aromatic carbocycles. The average molecular weight is 405 g/mol. The second-order valence-corrected chi connectivity index (χ2v) is 8.41. The molecule has 0 spiro atoms. The molecule has 0 amide bonds. The van der Waals surface area contributed by atoms with E-state index < -0.39 is 10.0 Å². The van der Waals surface area contributed by atoms with Crippen LogP contribution in [0.15, 0.2) is 96.0 Å². The van der Waals surface area contributed by atoms with E-state index in [1.807, 2.05) is 60.7 Å². The Kier molecular flexibility index (Phi) is 4.82. The summed E-state index contributed by atoms with van der Waals surface area (Å²) in [7, 11) is -2.42. The summed E-state index contributed by atoms with van der Waals surface area (Å²) in [6.07, 6.45) is 1.53. The van der Waals surface area contributed by atoms with Crippen LogP contribution in [-0.4, -0.2) is 30.4 Å². The first-order valence-corrected chi connectivity index (χ1v) is 10.4. The summed E-state index contributed by atoms with van der Waals surface area (Å²) in [5.41, 5.74) is 2.28. The third kappa shape index (κ3) is 3.60. The first-order valence-electron chi connectivity index (χ1n) is 8.95. The van der Waals surface area contributed by atoms with Gasteiger partial charge in [0.1, 0.15) is 16.3 Å². The molecule has 0 fully saturated rings. The van der Waals surface area contributed by atoms with Crippen LogP contribution in [0.1, 0.15) is 0 Å². The number of hydrogen-bond acceptors (Lipinski definition) is 4. The second kappa shape index (κ2) is 7.44. The minimum atomic E-state index is -3.90. The molecular formula is C22H19N3O3S. The van der Waals surface area contributed by atoms with Crippen molar-refractivity contribution >= 4 is 15.7 Å². The van der Waals surface area contributed by atoms with Gasteiger partial charge in [-0.2, -0.15) is 5.10 Å². The molecule has 0 aliphatic rings. The van der Waals surface area contributed by atoms with Crippen LogP contribution in [0, 0.1) is 0 Å². The van der Waals surface area contributed by atoms with Crippen molar-refractivity contribution in [1.29, 1.82) is 0 Å². The monoisotopic (exact) mass is 405 g/mol. The number of nitrogens with zero attached hydrogens (tertiary/aromatic N) is 3. The van der Waals surface area contributed by atoms with Crippen molar-refractivity contribution in [2.75, 3.05) is 11.4 Å². The van der Waals surface area contributed by atoms with Crippen LogP contribution in [0.25, 0.3) is 16.9 Å². The molecule has 0 atom stereocenters. The standard InChI is InChI=1S/C22H19N3O3S/c1-24(18-12-14-20(26)15-13-18)29(27,28)21-16-25(19-10-6-3-7-11-19)23-22(21)17-8-4-2-5-9-17/h2-16,26H,1H3. The quantitative estimate of drug-likeness (QED) is 0.543. The lowest BCUT2D eigenvalue weighted by molar-refractivity contribution is 0.475. The molecule has 0 aliphatic heterocycles. The highest BCUT2D eigenvalue weighted by Crippen LogP contribution is 2.31. The molecule has 1 heterocycles. The molecule has 29 heavy (non-hydrogen) atoms. The van der Waals surface area contributed by atoms with Gasteiger partial charge < -0.3 is 5.11 Å². The maximum absolute atomic E-state index is 13.5. The Morgan fingerprint density at radius 1 is 0.862 bits per heavy atom. The maximum atomic E-state index is 13.5. The molecule has 6 nitrogen and oxygen atoms in total. The van der Waals surface area contributed by atoms with Crippen molar-refractivity contribution in [2.45, 2.75) is 4.90 Å². The zero-order valence-corrected chi connectivity index (χ0v) is 16.5. The van der Waals surface area contributed by atoms with Gasteiger partial charge in [-0.05, 0) is 36.4 Å². The van der Waals surface area contributed by atoms with Crippen LogP contribution in [0.5, 0.6) is 5.75 Å². The summed E-state index contributed by atoms with van der Waals surface area (Å²) >= 11 is 0. The molecule has 1 N–H and O–H groups in total. The topological polar surface area (TPSA) is 75.4 Å². The van der Waals surface area contributed by atoms with Crippen molar-refractivity contribution in [3.8, 4) is 22.7 Å². The van der Waals surface area contributed by atoms with E-state index in [4.69, 9.17) is 0 Å². The fourth-order valence-corrected chi connectivity index (χ4v) is 4.34. The van der Waals surface area contributed by atoms with Crippen molar-refractivity contribution < 1.29 is 13.5 Å². The number of aromatic nitrogens is 2. The van der Waals surface area contributed by atoms with Gasteiger partial charge in [0, 0.05) is 12.6 Å². The third-order valence-corrected chi connectivity index (χ3v) is 6.39. The smallest absolute Gasteiger partial charge is 0.267 e. The largest absolute Gasteiger partial charge is 0.508 e. The highest BCUT2D eigenvalue weighted by molar-refractivity contribution is 7.93. The van der Waals surface area contributed by atoms with Crippen LogP contribution in [0.3, 0.4) is 0 Å². The fourth-order valence-electron chi connectivity index (χ4n) is 3.00. The molecule has 0 radical (unpaired) electrons. The summed E-state index contributed by atoms with van der Waals surface area (Å²) in [6.45, 7) is 0. The molecule has 0 saturated heterocycles. The van der Waals surface area contributed by atoms with Crippen LogP contribution >= 0.6 is 0 Å². The summed E-state index contributed by atoms with van der Waals surface area (Å²) < 4.78 is 29.7. The fraction of sp³-hybridized carbons (Fsp3) is 0.0455. The number of phenols is 1. The number of hydrogen-bond donors (Lipinski definition) is 1. The van der Waals surface area contributed by atoms with Gasteiger partial charge in [-0.1, -0.05) is 48.5 Å².